The molecule has 0 spiro atoms. The molecule has 0 bridgehead atoms. The molecule has 7 heteroatoms. The lowest BCUT2D eigenvalue weighted by Gasteiger charge is -2.25. The first-order valence-electron chi connectivity index (χ1n) is 6.37. The van der Waals surface area contributed by atoms with Crippen LogP contribution in [0.5, 0.6) is 0 Å². The van der Waals surface area contributed by atoms with Crippen LogP contribution in [0.4, 0.5) is 0 Å². The minimum absolute atomic E-state index is 0.238. The van der Waals surface area contributed by atoms with E-state index in [9.17, 15) is 15.0 Å². The molecule has 2 aliphatic heterocycles. The highest BCUT2D eigenvalue weighted by Gasteiger charge is 2.56. The second-order valence-electron chi connectivity index (χ2n) is 5.14. The second kappa shape index (κ2) is 5.34. The van der Waals surface area contributed by atoms with Crippen LogP contribution in [0.25, 0.3) is 0 Å². The molecule has 2 aliphatic rings. The Morgan fingerprint density at radius 2 is 2.11 bits per heavy atom. The molecule has 7 nitrogen and oxygen atoms in total. The van der Waals surface area contributed by atoms with Gasteiger partial charge in [0.25, 0.3) is 0 Å². The summed E-state index contributed by atoms with van der Waals surface area (Å²) in [6, 6.07) is 0. The molecule has 2 fully saturated rings. The van der Waals surface area contributed by atoms with E-state index in [-0.39, 0.29) is 13.0 Å². The first kappa shape index (κ1) is 14.7. The normalized spacial score (nSPS) is 37.9. The molecule has 0 radical (unpaired) electrons. The monoisotopic (exact) mass is 276 g/mol. The highest BCUT2D eigenvalue weighted by atomic mass is 16.8. The van der Waals surface area contributed by atoms with Crippen LogP contribution in [-0.4, -0.2) is 59.3 Å². The third-order valence-corrected chi connectivity index (χ3v) is 3.11. The van der Waals surface area contributed by atoms with E-state index in [1.54, 1.807) is 20.8 Å². The van der Waals surface area contributed by atoms with Crippen LogP contribution in [-0.2, 0) is 23.7 Å². The molecule has 2 heterocycles. The molecule has 2 N–H and O–H groups in total. The summed E-state index contributed by atoms with van der Waals surface area (Å²) in [5.74, 6) is -1.36. The standard InChI is InChI=1S/C12H20O7/c1-4-16-7(14)5-6(13)9-8(15)10-11(17-9)19-12(2,3)18-10/h6,8-11,13,15H,4-5H2,1-3H3/t6?,8-,9+,10+,11+/m0/s1. The minimum atomic E-state index is -1.16. The number of carbonyl (C=O) groups is 1. The van der Waals surface area contributed by atoms with Crippen LogP contribution in [0.3, 0.4) is 0 Å². The summed E-state index contributed by atoms with van der Waals surface area (Å²) in [6.45, 7) is 5.35. The van der Waals surface area contributed by atoms with Gasteiger partial charge in [0.2, 0.25) is 0 Å². The molecule has 0 aliphatic carbocycles. The van der Waals surface area contributed by atoms with Crippen molar-refractivity contribution in [2.45, 2.75) is 63.7 Å². The summed E-state index contributed by atoms with van der Waals surface area (Å²) in [5, 5.41) is 20.0. The summed E-state index contributed by atoms with van der Waals surface area (Å²) in [6.07, 6.45) is -4.75. The molecular formula is C12H20O7. The van der Waals surface area contributed by atoms with Crippen molar-refractivity contribution in [2.75, 3.05) is 6.61 Å². The molecule has 110 valence electrons. The van der Waals surface area contributed by atoms with Crippen molar-refractivity contribution in [2.24, 2.45) is 0 Å². The minimum Gasteiger partial charge on any atom is -0.466 e. The molecule has 0 saturated carbocycles. The van der Waals surface area contributed by atoms with Crippen molar-refractivity contribution >= 4 is 5.97 Å². The summed E-state index contributed by atoms with van der Waals surface area (Å²) < 4.78 is 21.1. The Morgan fingerprint density at radius 1 is 1.42 bits per heavy atom. The van der Waals surface area contributed by atoms with Crippen LogP contribution in [0, 0.1) is 0 Å². The van der Waals surface area contributed by atoms with Gasteiger partial charge in [-0.1, -0.05) is 0 Å². The van der Waals surface area contributed by atoms with Gasteiger partial charge in [0.1, 0.15) is 18.3 Å². The topological polar surface area (TPSA) is 94.5 Å². The fraction of sp³-hybridized carbons (Fsp3) is 0.917. The van der Waals surface area contributed by atoms with Gasteiger partial charge < -0.3 is 29.2 Å². The van der Waals surface area contributed by atoms with E-state index < -0.39 is 42.5 Å². The SMILES string of the molecule is CCOC(=O)CC(O)[C@H]1O[C@@H]2OC(C)(C)O[C@@H]2[C@H]1O. The molecule has 0 amide bonds. The van der Waals surface area contributed by atoms with Crippen LogP contribution in [0.1, 0.15) is 27.2 Å². The zero-order valence-electron chi connectivity index (χ0n) is 11.2. The molecular weight excluding hydrogens is 256 g/mol. The van der Waals surface area contributed by atoms with E-state index in [0.717, 1.165) is 0 Å². The summed E-state index contributed by atoms with van der Waals surface area (Å²) in [5.41, 5.74) is 0. The van der Waals surface area contributed by atoms with E-state index >= 15 is 0 Å². The zero-order valence-corrected chi connectivity index (χ0v) is 11.2. The molecule has 0 aromatic rings. The number of aliphatic hydroxyl groups excluding tert-OH is 2. The van der Waals surface area contributed by atoms with E-state index in [2.05, 4.69) is 0 Å². The molecule has 0 aromatic heterocycles. The number of ether oxygens (including phenoxy) is 4. The average Bonchev–Trinajstić information content (AvgIpc) is 2.73. The number of fused-ring (bicyclic) bond motifs is 1. The van der Waals surface area contributed by atoms with Gasteiger partial charge in [0, 0.05) is 0 Å². The van der Waals surface area contributed by atoms with Crippen LogP contribution in [0.2, 0.25) is 0 Å². The largest absolute Gasteiger partial charge is 0.466 e. The van der Waals surface area contributed by atoms with Gasteiger partial charge in [-0.2, -0.15) is 0 Å². The second-order valence-corrected chi connectivity index (χ2v) is 5.14. The Morgan fingerprint density at radius 3 is 2.68 bits per heavy atom. The molecule has 5 atom stereocenters. The first-order valence-corrected chi connectivity index (χ1v) is 6.37. The maximum atomic E-state index is 11.3. The number of aliphatic hydroxyl groups is 2. The summed E-state index contributed by atoms with van der Waals surface area (Å²) in [4.78, 5) is 11.3. The van der Waals surface area contributed by atoms with Gasteiger partial charge in [-0.15, -0.1) is 0 Å². The van der Waals surface area contributed by atoms with Gasteiger partial charge >= 0.3 is 5.97 Å². The van der Waals surface area contributed by atoms with Gasteiger partial charge in [0.15, 0.2) is 12.1 Å². The predicted octanol–water partition coefficient (Wildman–Crippen LogP) is -0.462. The lowest BCUT2D eigenvalue weighted by molar-refractivity contribution is -0.226. The lowest BCUT2D eigenvalue weighted by atomic mass is 10.0. The van der Waals surface area contributed by atoms with Gasteiger partial charge in [0.05, 0.1) is 19.1 Å². The smallest absolute Gasteiger partial charge is 0.308 e. The quantitative estimate of drug-likeness (QED) is 0.671. The fourth-order valence-corrected chi connectivity index (χ4v) is 2.34. The number of esters is 1. The molecule has 2 saturated heterocycles. The zero-order chi connectivity index (χ0) is 14.2. The van der Waals surface area contributed by atoms with Crippen LogP contribution in [0.15, 0.2) is 0 Å². The Kier molecular flexibility index (Phi) is 4.12. The maximum Gasteiger partial charge on any atom is 0.308 e. The van der Waals surface area contributed by atoms with Gasteiger partial charge in [-0.3, -0.25) is 4.79 Å². The van der Waals surface area contributed by atoms with Gasteiger partial charge in [-0.05, 0) is 20.8 Å². The average molecular weight is 276 g/mol. The van der Waals surface area contributed by atoms with Crippen molar-refractivity contribution in [3.05, 3.63) is 0 Å². The highest BCUT2D eigenvalue weighted by Crippen LogP contribution is 2.38. The third kappa shape index (κ3) is 3.06. The first-order chi connectivity index (χ1) is 8.84. The Balaban J connectivity index is 1.92. The molecule has 2 rings (SSSR count). The molecule has 0 aromatic carbocycles. The number of hydrogen-bond donors (Lipinski definition) is 2. The van der Waals surface area contributed by atoms with Gasteiger partial charge in [-0.25, -0.2) is 0 Å². The molecule has 1 unspecified atom stereocenters. The Hall–Kier alpha value is -0.730. The van der Waals surface area contributed by atoms with E-state index in [4.69, 9.17) is 18.9 Å². The van der Waals surface area contributed by atoms with E-state index in [1.165, 1.54) is 0 Å². The Labute approximate surface area is 111 Å². The number of hydrogen-bond acceptors (Lipinski definition) is 7. The Bertz CT molecular complexity index is 343. The van der Waals surface area contributed by atoms with E-state index in [0.29, 0.717) is 0 Å². The number of carbonyl (C=O) groups excluding carboxylic acids is 1. The fourth-order valence-electron chi connectivity index (χ4n) is 2.34. The van der Waals surface area contributed by atoms with Crippen LogP contribution >= 0.6 is 0 Å². The van der Waals surface area contributed by atoms with Crippen molar-refractivity contribution < 1.29 is 34.0 Å². The van der Waals surface area contributed by atoms with Crippen LogP contribution < -0.4 is 0 Å². The number of rotatable bonds is 4. The summed E-state index contributed by atoms with van der Waals surface area (Å²) in [7, 11) is 0. The van der Waals surface area contributed by atoms with E-state index in [1.807, 2.05) is 0 Å². The summed E-state index contributed by atoms with van der Waals surface area (Å²) >= 11 is 0. The highest BCUT2D eigenvalue weighted by molar-refractivity contribution is 5.70. The van der Waals surface area contributed by atoms with Crippen molar-refractivity contribution in [3.63, 3.8) is 0 Å². The maximum absolute atomic E-state index is 11.3. The lowest BCUT2D eigenvalue weighted by Crippen LogP contribution is -2.41. The van der Waals surface area contributed by atoms with Crippen molar-refractivity contribution in [3.8, 4) is 0 Å². The van der Waals surface area contributed by atoms with Crippen molar-refractivity contribution in [1.29, 1.82) is 0 Å². The van der Waals surface area contributed by atoms with Crippen molar-refractivity contribution in [1.82, 2.24) is 0 Å². The third-order valence-electron chi connectivity index (χ3n) is 3.11. The molecule has 19 heavy (non-hydrogen) atoms. The predicted molar refractivity (Wildman–Crippen MR) is 62.0 cm³/mol.